The summed E-state index contributed by atoms with van der Waals surface area (Å²) in [6.07, 6.45) is 3.08. The standard InChI is InChI=1S/C25H21N3O9/c1-13(29)36-25-19(21-16(23(32)33)7-4-10-28-21)18(20-15(22(30)31)6-3-9-27-20)17(37-25)12-35-24(34)14-5-2-8-26-11-14/h2-11,17-19,25H,12H2,1H3,(H,30,31)(H,32,33)/t17-,18+,19+,25+/m0/s1. The van der Waals surface area contributed by atoms with Crippen molar-refractivity contribution in [3.05, 3.63) is 89.3 Å². The number of ether oxygens (including phenoxy) is 3. The minimum Gasteiger partial charge on any atom is -0.478 e. The Bertz CT molecular complexity index is 1330. The predicted molar refractivity (Wildman–Crippen MR) is 123 cm³/mol. The highest BCUT2D eigenvalue weighted by molar-refractivity contribution is 5.90. The molecule has 12 nitrogen and oxygen atoms in total. The van der Waals surface area contributed by atoms with Crippen molar-refractivity contribution < 1.29 is 43.6 Å². The van der Waals surface area contributed by atoms with Gasteiger partial charge in [0.25, 0.3) is 0 Å². The van der Waals surface area contributed by atoms with Crippen molar-refractivity contribution in [3.8, 4) is 0 Å². The molecule has 0 spiro atoms. The Morgan fingerprint density at radius 1 is 0.892 bits per heavy atom. The van der Waals surface area contributed by atoms with Gasteiger partial charge in [-0.2, -0.15) is 0 Å². The second-order valence-corrected chi connectivity index (χ2v) is 8.03. The lowest BCUT2D eigenvalue weighted by Gasteiger charge is -2.25. The molecule has 4 heterocycles. The first kappa shape index (κ1) is 25.4. The van der Waals surface area contributed by atoms with Crippen LogP contribution < -0.4 is 0 Å². The van der Waals surface area contributed by atoms with E-state index in [2.05, 4.69) is 15.0 Å². The van der Waals surface area contributed by atoms with E-state index in [4.69, 9.17) is 14.2 Å². The number of hydrogen-bond donors (Lipinski definition) is 2. The molecule has 1 aliphatic heterocycles. The van der Waals surface area contributed by atoms with Gasteiger partial charge in [-0.05, 0) is 36.4 Å². The number of rotatable bonds is 8. The first-order chi connectivity index (χ1) is 17.8. The molecule has 0 amide bonds. The molecule has 0 bridgehead atoms. The SMILES string of the molecule is CC(=O)O[C@@H]1O[C@@H](COC(=O)c2cccnc2)[C@@H](c2ncccc2C(=O)O)[C@@H]1c1ncccc1C(=O)O. The molecule has 4 rings (SSSR count). The lowest BCUT2D eigenvalue weighted by molar-refractivity contribution is -0.177. The zero-order valence-electron chi connectivity index (χ0n) is 19.4. The number of carbonyl (C=O) groups excluding carboxylic acids is 2. The molecule has 1 saturated heterocycles. The average molecular weight is 507 g/mol. The van der Waals surface area contributed by atoms with Crippen LogP contribution >= 0.6 is 0 Å². The lowest BCUT2D eigenvalue weighted by Crippen LogP contribution is -2.28. The summed E-state index contributed by atoms with van der Waals surface area (Å²) >= 11 is 0. The fourth-order valence-corrected chi connectivity index (χ4v) is 4.25. The number of esters is 2. The summed E-state index contributed by atoms with van der Waals surface area (Å²) in [5.41, 5.74) is -0.180. The summed E-state index contributed by atoms with van der Waals surface area (Å²) in [6, 6.07) is 8.56. The van der Waals surface area contributed by atoms with Crippen LogP contribution in [-0.2, 0) is 19.0 Å². The van der Waals surface area contributed by atoms with Crippen LogP contribution in [0.1, 0.15) is 61.2 Å². The third kappa shape index (κ3) is 5.43. The number of nitrogens with zero attached hydrogens (tertiary/aromatic N) is 3. The van der Waals surface area contributed by atoms with E-state index in [1.165, 1.54) is 55.1 Å². The second-order valence-electron chi connectivity index (χ2n) is 8.03. The fourth-order valence-electron chi connectivity index (χ4n) is 4.25. The van der Waals surface area contributed by atoms with Crippen molar-refractivity contribution in [1.29, 1.82) is 0 Å². The van der Waals surface area contributed by atoms with Crippen LogP contribution in [0.2, 0.25) is 0 Å². The molecule has 0 aromatic carbocycles. The van der Waals surface area contributed by atoms with E-state index < -0.39 is 54.7 Å². The van der Waals surface area contributed by atoms with E-state index in [-0.39, 0.29) is 28.1 Å². The summed E-state index contributed by atoms with van der Waals surface area (Å²) < 4.78 is 16.8. The molecule has 4 atom stereocenters. The van der Waals surface area contributed by atoms with Gasteiger partial charge in [0.15, 0.2) is 0 Å². The number of carboxylic acids is 2. The maximum Gasteiger partial charge on any atom is 0.339 e. The van der Waals surface area contributed by atoms with Gasteiger partial charge >= 0.3 is 23.9 Å². The van der Waals surface area contributed by atoms with E-state index in [0.29, 0.717) is 0 Å². The highest BCUT2D eigenvalue weighted by Crippen LogP contribution is 2.47. The van der Waals surface area contributed by atoms with Gasteiger partial charge in [-0.15, -0.1) is 0 Å². The minimum atomic E-state index is -1.37. The van der Waals surface area contributed by atoms with Crippen molar-refractivity contribution in [1.82, 2.24) is 15.0 Å². The summed E-state index contributed by atoms with van der Waals surface area (Å²) in [5, 5.41) is 19.6. The van der Waals surface area contributed by atoms with Crippen LogP contribution in [0.15, 0.2) is 61.2 Å². The van der Waals surface area contributed by atoms with Gasteiger partial charge < -0.3 is 24.4 Å². The molecule has 2 N–H and O–H groups in total. The van der Waals surface area contributed by atoms with Crippen LogP contribution in [0.25, 0.3) is 0 Å². The Kier molecular flexibility index (Phi) is 7.49. The van der Waals surface area contributed by atoms with Crippen molar-refractivity contribution >= 4 is 23.9 Å². The van der Waals surface area contributed by atoms with Crippen LogP contribution in [-0.4, -0.2) is 68.0 Å². The molecular weight excluding hydrogens is 486 g/mol. The summed E-state index contributed by atoms with van der Waals surface area (Å²) in [4.78, 5) is 60.9. The summed E-state index contributed by atoms with van der Waals surface area (Å²) in [6.45, 7) is 0.753. The van der Waals surface area contributed by atoms with Gasteiger partial charge in [-0.25, -0.2) is 14.4 Å². The number of hydrogen-bond acceptors (Lipinski definition) is 10. The number of carbonyl (C=O) groups is 4. The third-order valence-electron chi connectivity index (χ3n) is 5.72. The fraction of sp³-hybridized carbons (Fsp3) is 0.240. The van der Waals surface area contributed by atoms with Crippen LogP contribution in [0.4, 0.5) is 0 Å². The van der Waals surface area contributed by atoms with E-state index in [0.717, 1.165) is 6.92 Å². The quantitative estimate of drug-likeness (QED) is 0.426. The molecular formula is C25H21N3O9. The van der Waals surface area contributed by atoms with Gasteiger partial charge in [0.05, 0.1) is 34.0 Å². The Labute approximate surface area is 209 Å². The maximum atomic E-state index is 12.6. The number of aromatic nitrogens is 3. The molecule has 0 unspecified atom stereocenters. The van der Waals surface area contributed by atoms with Crippen molar-refractivity contribution in [3.63, 3.8) is 0 Å². The van der Waals surface area contributed by atoms with Gasteiger partial charge in [0.1, 0.15) is 12.7 Å². The molecule has 1 aliphatic rings. The summed E-state index contributed by atoms with van der Waals surface area (Å²) in [7, 11) is 0. The zero-order chi connectivity index (χ0) is 26.5. The molecule has 37 heavy (non-hydrogen) atoms. The van der Waals surface area contributed by atoms with E-state index in [9.17, 15) is 29.4 Å². The maximum absolute atomic E-state index is 12.6. The monoisotopic (exact) mass is 507 g/mol. The average Bonchev–Trinajstić information content (AvgIpc) is 3.24. The second kappa shape index (κ2) is 10.9. The zero-order valence-corrected chi connectivity index (χ0v) is 19.4. The third-order valence-corrected chi connectivity index (χ3v) is 5.72. The molecule has 0 radical (unpaired) electrons. The predicted octanol–water partition coefficient (Wildman–Crippen LogP) is 2.28. The van der Waals surface area contributed by atoms with Gasteiger partial charge in [-0.3, -0.25) is 19.7 Å². The Morgan fingerprint density at radius 2 is 1.49 bits per heavy atom. The van der Waals surface area contributed by atoms with Gasteiger partial charge in [-0.1, -0.05) is 0 Å². The Morgan fingerprint density at radius 3 is 2.03 bits per heavy atom. The van der Waals surface area contributed by atoms with Crippen LogP contribution in [0, 0.1) is 0 Å². The molecule has 3 aromatic rings. The van der Waals surface area contributed by atoms with E-state index in [1.54, 1.807) is 6.07 Å². The highest BCUT2D eigenvalue weighted by atomic mass is 16.7. The van der Waals surface area contributed by atoms with E-state index in [1.807, 2.05) is 0 Å². The normalized spacial score (nSPS) is 20.7. The molecule has 3 aromatic heterocycles. The number of pyridine rings is 3. The lowest BCUT2D eigenvalue weighted by atomic mass is 9.81. The largest absolute Gasteiger partial charge is 0.478 e. The first-order valence-electron chi connectivity index (χ1n) is 11.0. The molecule has 1 fully saturated rings. The highest BCUT2D eigenvalue weighted by Gasteiger charge is 2.52. The smallest absolute Gasteiger partial charge is 0.339 e. The minimum absolute atomic E-state index is 0.00525. The topological polar surface area (TPSA) is 175 Å². The van der Waals surface area contributed by atoms with Crippen molar-refractivity contribution in [2.45, 2.75) is 31.2 Å². The van der Waals surface area contributed by atoms with Gasteiger partial charge in [0.2, 0.25) is 6.29 Å². The van der Waals surface area contributed by atoms with Crippen molar-refractivity contribution in [2.24, 2.45) is 0 Å². The van der Waals surface area contributed by atoms with E-state index >= 15 is 0 Å². The first-order valence-corrected chi connectivity index (χ1v) is 11.0. The molecule has 12 heteroatoms. The van der Waals surface area contributed by atoms with Crippen LogP contribution in [0.3, 0.4) is 0 Å². The van der Waals surface area contributed by atoms with Gasteiger partial charge in [0, 0.05) is 37.6 Å². The molecule has 0 saturated carbocycles. The summed E-state index contributed by atoms with van der Waals surface area (Å²) in [5.74, 6) is -6.14. The van der Waals surface area contributed by atoms with Crippen LogP contribution in [0.5, 0.6) is 0 Å². The molecule has 190 valence electrons. The number of aromatic carboxylic acids is 2. The number of carboxylic acid groups (broad SMARTS) is 2. The van der Waals surface area contributed by atoms with Crippen molar-refractivity contribution in [2.75, 3.05) is 6.61 Å². The Hall–Kier alpha value is -4.71. The molecule has 0 aliphatic carbocycles. The Balaban J connectivity index is 1.81.